The van der Waals surface area contributed by atoms with Crippen molar-refractivity contribution in [2.45, 2.75) is 38.9 Å². The van der Waals surface area contributed by atoms with E-state index < -0.39 is 0 Å². The molecule has 0 aromatic rings. The van der Waals surface area contributed by atoms with Crippen molar-refractivity contribution < 1.29 is 4.79 Å². The molecule has 2 atom stereocenters. The lowest BCUT2D eigenvalue weighted by Crippen LogP contribution is -2.32. The molecule has 0 aromatic heterocycles. The summed E-state index contributed by atoms with van der Waals surface area (Å²) in [4.78, 5) is 14.6. The fraction of sp³-hybridized carbons (Fsp3) is 0.917. The second kappa shape index (κ2) is 3.22. The van der Waals surface area contributed by atoms with E-state index in [1.165, 1.54) is 0 Å². The van der Waals surface area contributed by atoms with E-state index in [0.29, 0.717) is 10.7 Å². The number of carbonyl (C=O) groups excluding carboxylic acids is 1. The summed E-state index contributed by atoms with van der Waals surface area (Å²) < 4.78 is 0. The van der Waals surface area contributed by atoms with Gasteiger partial charge in [0.25, 0.3) is 0 Å². The predicted molar refractivity (Wildman–Crippen MR) is 65.0 cm³/mol. The number of halogens is 1. The summed E-state index contributed by atoms with van der Waals surface area (Å²) in [7, 11) is 0. The van der Waals surface area contributed by atoms with Gasteiger partial charge in [0.15, 0.2) is 0 Å². The van der Waals surface area contributed by atoms with Crippen molar-refractivity contribution in [3.63, 3.8) is 0 Å². The number of likely N-dealkylation sites (tertiary alicyclic amines) is 1. The van der Waals surface area contributed by atoms with Gasteiger partial charge in [-0.15, -0.1) is 0 Å². The molecule has 0 bridgehead atoms. The van der Waals surface area contributed by atoms with E-state index in [4.69, 9.17) is 0 Å². The Morgan fingerprint density at radius 1 is 1.27 bits per heavy atom. The van der Waals surface area contributed by atoms with Crippen molar-refractivity contribution in [1.82, 2.24) is 4.90 Å². The van der Waals surface area contributed by atoms with Gasteiger partial charge in [0, 0.05) is 23.8 Å². The first kappa shape index (κ1) is 11.4. The van der Waals surface area contributed by atoms with Gasteiger partial charge < -0.3 is 4.90 Å². The van der Waals surface area contributed by atoms with E-state index in [9.17, 15) is 4.79 Å². The summed E-state index contributed by atoms with van der Waals surface area (Å²) >= 11 is 3.67. The molecule has 3 heteroatoms. The summed E-state index contributed by atoms with van der Waals surface area (Å²) in [5.41, 5.74) is 0.473. The van der Waals surface area contributed by atoms with Crippen LogP contribution in [0, 0.1) is 16.7 Å². The molecule has 0 spiro atoms. The third-order valence-electron chi connectivity index (χ3n) is 3.95. The molecule has 2 unspecified atom stereocenters. The van der Waals surface area contributed by atoms with Crippen LogP contribution in [0.15, 0.2) is 0 Å². The van der Waals surface area contributed by atoms with Crippen molar-refractivity contribution in [1.29, 1.82) is 0 Å². The Morgan fingerprint density at radius 3 is 2.13 bits per heavy atom. The Morgan fingerprint density at radius 2 is 1.80 bits per heavy atom. The number of amides is 1. The molecule has 1 saturated carbocycles. The molecular weight excluding hydrogens is 254 g/mol. The molecule has 2 aliphatic rings. The van der Waals surface area contributed by atoms with Gasteiger partial charge in [-0.1, -0.05) is 43.6 Å². The summed E-state index contributed by atoms with van der Waals surface area (Å²) in [6.07, 6.45) is 1.07. The number of alkyl halides is 1. The Bertz CT molecular complexity index is 298. The molecule has 1 amide bonds. The van der Waals surface area contributed by atoms with E-state index in [2.05, 4.69) is 43.6 Å². The monoisotopic (exact) mass is 273 g/mol. The standard InChI is InChI=1S/C12H20BrNO/c1-11(2)5-8(11)10(15)14-6-9(13)12(3,4)7-14/h8-9H,5-7H2,1-4H3. The van der Waals surface area contributed by atoms with Gasteiger partial charge in [-0.3, -0.25) is 4.79 Å². The van der Waals surface area contributed by atoms with Crippen molar-refractivity contribution in [3.8, 4) is 0 Å². The highest BCUT2D eigenvalue weighted by Gasteiger charge is 2.53. The lowest BCUT2D eigenvalue weighted by molar-refractivity contribution is -0.132. The predicted octanol–water partition coefficient (Wildman–Crippen LogP) is 2.66. The van der Waals surface area contributed by atoms with Crippen LogP contribution in [0.5, 0.6) is 0 Å². The van der Waals surface area contributed by atoms with Crippen LogP contribution in [0.3, 0.4) is 0 Å². The van der Waals surface area contributed by atoms with E-state index >= 15 is 0 Å². The van der Waals surface area contributed by atoms with E-state index in [1.54, 1.807) is 0 Å². The van der Waals surface area contributed by atoms with Crippen molar-refractivity contribution in [2.75, 3.05) is 13.1 Å². The van der Waals surface area contributed by atoms with Crippen molar-refractivity contribution in [3.05, 3.63) is 0 Å². The van der Waals surface area contributed by atoms with Crippen LogP contribution in [-0.4, -0.2) is 28.7 Å². The highest BCUT2D eigenvalue weighted by molar-refractivity contribution is 9.09. The van der Waals surface area contributed by atoms with Crippen LogP contribution in [0.25, 0.3) is 0 Å². The molecule has 0 N–H and O–H groups in total. The van der Waals surface area contributed by atoms with Gasteiger partial charge >= 0.3 is 0 Å². The lowest BCUT2D eigenvalue weighted by atomic mass is 9.93. The van der Waals surface area contributed by atoms with Gasteiger partial charge in [0.05, 0.1) is 0 Å². The van der Waals surface area contributed by atoms with Crippen molar-refractivity contribution >= 4 is 21.8 Å². The third kappa shape index (κ3) is 1.95. The zero-order valence-corrected chi connectivity index (χ0v) is 11.6. The number of nitrogens with zero attached hydrogens (tertiary/aromatic N) is 1. The fourth-order valence-corrected chi connectivity index (χ4v) is 2.87. The highest BCUT2D eigenvalue weighted by atomic mass is 79.9. The Kier molecular flexibility index (Phi) is 2.46. The fourth-order valence-electron chi connectivity index (χ4n) is 2.37. The minimum Gasteiger partial charge on any atom is -0.341 e. The molecule has 0 radical (unpaired) electrons. The first-order chi connectivity index (χ1) is 6.74. The van der Waals surface area contributed by atoms with Crippen LogP contribution >= 0.6 is 15.9 Å². The maximum absolute atomic E-state index is 12.2. The lowest BCUT2D eigenvalue weighted by Gasteiger charge is -2.21. The maximum atomic E-state index is 12.2. The molecule has 1 aliphatic heterocycles. The van der Waals surface area contributed by atoms with Gasteiger partial charge in [0.2, 0.25) is 5.91 Å². The average molecular weight is 274 g/mol. The Balaban J connectivity index is 2.00. The SMILES string of the molecule is CC1(C)CN(C(=O)C2CC2(C)C)CC1Br. The molecular formula is C12H20BrNO. The van der Waals surface area contributed by atoms with Crippen LogP contribution in [0.2, 0.25) is 0 Å². The zero-order valence-electron chi connectivity index (χ0n) is 10.0. The van der Waals surface area contributed by atoms with Crippen LogP contribution < -0.4 is 0 Å². The van der Waals surface area contributed by atoms with Gasteiger partial charge in [-0.25, -0.2) is 0 Å². The highest BCUT2D eigenvalue weighted by Crippen LogP contribution is 2.53. The number of hydrogen-bond donors (Lipinski definition) is 0. The summed E-state index contributed by atoms with van der Waals surface area (Å²) in [6.45, 7) is 10.6. The smallest absolute Gasteiger partial charge is 0.226 e. The largest absolute Gasteiger partial charge is 0.341 e. The Labute approximate surface area is 101 Å². The quantitative estimate of drug-likeness (QED) is 0.673. The van der Waals surface area contributed by atoms with Gasteiger partial charge in [0.1, 0.15) is 0 Å². The topological polar surface area (TPSA) is 20.3 Å². The van der Waals surface area contributed by atoms with E-state index in [0.717, 1.165) is 19.5 Å². The van der Waals surface area contributed by atoms with Crippen LogP contribution in [0.4, 0.5) is 0 Å². The second-order valence-electron chi connectivity index (χ2n) is 6.42. The van der Waals surface area contributed by atoms with E-state index in [1.807, 2.05) is 4.90 Å². The second-order valence-corrected chi connectivity index (χ2v) is 7.53. The number of carbonyl (C=O) groups is 1. The minimum absolute atomic E-state index is 0.217. The molecule has 1 aliphatic carbocycles. The molecule has 0 aromatic carbocycles. The summed E-state index contributed by atoms with van der Waals surface area (Å²) in [6, 6.07) is 0. The zero-order chi connectivity index (χ0) is 11.4. The summed E-state index contributed by atoms with van der Waals surface area (Å²) in [5.74, 6) is 0.654. The Hall–Kier alpha value is -0.0500. The van der Waals surface area contributed by atoms with Crippen LogP contribution in [0.1, 0.15) is 34.1 Å². The first-order valence-electron chi connectivity index (χ1n) is 5.67. The number of rotatable bonds is 1. The third-order valence-corrected chi connectivity index (χ3v) is 5.48. The normalized spacial score (nSPS) is 36.7. The maximum Gasteiger partial charge on any atom is 0.226 e. The summed E-state index contributed by atoms with van der Waals surface area (Å²) in [5, 5.41) is 0. The number of hydrogen-bond acceptors (Lipinski definition) is 1. The van der Waals surface area contributed by atoms with Gasteiger partial charge in [-0.2, -0.15) is 0 Å². The molecule has 2 rings (SSSR count). The van der Waals surface area contributed by atoms with Crippen molar-refractivity contribution in [2.24, 2.45) is 16.7 Å². The molecule has 1 saturated heterocycles. The van der Waals surface area contributed by atoms with Crippen LogP contribution in [-0.2, 0) is 4.79 Å². The molecule has 1 heterocycles. The molecule has 2 nitrogen and oxygen atoms in total. The van der Waals surface area contributed by atoms with E-state index in [-0.39, 0.29) is 16.7 Å². The molecule has 15 heavy (non-hydrogen) atoms. The molecule has 2 fully saturated rings. The van der Waals surface area contributed by atoms with Gasteiger partial charge in [-0.05, 0) is 17.3 Å². The first-order valence-corrected chi connectivity index (χ1v) is 6.58. The minimum atomic E-state index is 0.217. The molecule has 86 valence electrons. The average Bonchev–Trinajstić information content (AvgIpc) is 2.62.